The first-order valence-corrected chi connectivity index (χ1v) is 7.99. The molecular formula is C15H29Cl2N3S. The van der Waals surface area contributed by atoms with Gasteiger partial charge < -0.3 is 5.73 Å². The lowest BCUT2D eigenvalue weighted by Crippen LogP contribution is -2.52. The molecule has 1 saturated heterocycles. The second kappa shape index (κ2) is 7.60. The van der Waals surface area contributed by atoms with Gasteiger partial charge in [-0.05, 0) is 11.8 Å². The summed E-state index contributed by atoms with van der Waals surface area (Å²) in [6.45, 7) is 14.3. The van der Waals surface area contributed by atoms with Crippen molar-refractivity contribution < 1.29 is 0 Å². The number of hydrogen-bond donors (Lipinski definition) is 1. The topological polar surface area (TPSA) is 42.1 Å². The van der Waals surface area contributed by atoms with Gasteiger partial charge in [0.25, 0.3) is 0 Å². The summed E-state index contributed by atoms with van der Waals surface area (Å²) in [6, 6.07) is 0.324. The number of halogens is 2. The molecule has 2 N–H and O–H groups in total. The minimum atomic E-state index is 0. The average Bonchev–Trinajstić information content (AvgIpc) is 2.71. The second-order valence-corrected chi connectivity index (χ2v) is 8.41. The summed E-state index contributed by atoms with van der Waals surface area (Å²) >= 11 is 1.79. The number of piperidine rings is 1. The van der Waals surface area contributed by atoms with E-state index in [-0.39, 0.29) is 35.6 Å². The first-order chi connectivity index (χ1) is 8.68. The molecule has 2 heterocycles. The van der Waals surface area contributed by atoms with Gasteiger partial charge >= 0.3 is 0 Å². The standard InChI is InChI=1S/C15H27N3S.2ClH/c1-14(2,3)12-9-19-13(17-12)8-18-7-6-11(16)15(4,5)10-18;;/h9,11H,6-8,10,16H2,1-5H3;2*1H. The van der Waals surface area contributed by atoms with E-state index in [1.54, 1.807) is 11.3 Å². The van der Waals surface area contributed by atoms with Gasteiger partial charge in [0.1, 0.15) is 5.01 Å². The summed E-state index contributed by atoms with van der Waals surface area (Å²) < 4.78 is 0. The fraction of sp³-hybridized carbons (Fsp3) is 0.800. The number of rotatable bonds is 2. The molecule has 0 spiro atoms. The van der Waals surface area contributed by atoms with Crippen LogP contribution in [0, 0.1) is 5.41 Å². The Hall–Kier alpha value is 0.130. The van der Waals surface area contributed by atoms with Gasteiger partial charge in [-0.1, -0.05) is 34.6 Å². The third-order valence-electron chi connectivity index (χ3n) is 4.07. The Morgan fingerprint density at radius 2 is 2.00 bits per heavy atom. The lowest BCUT2D eigenvalue weighted by atomic mass is 9.80. The number of nitrogens with two attached hydrogens (primary N) is 1. The lowest BCUT2D eigenvalue weighted by molar-refractivity contribution is 0.0897. The van der Waals surface area contributed by atoms with Crippen molar-refractivity contribution >= 4 is 36.2 Å². The van der Waals surface area contributed by atoms with Gasteiger partial charge in [-0.2, -0.15) is 0 Å². The molecule has 0 aliphatic carbocycles. The predicted molar refractivity (Wildman–Crippen MR) is 97.0 cm³/mol. The molecule has 3 nitrogen and oxygen atoms in total. The first-order valence-electron chi connectivity index (χ1n) is 7.11. The fourth-order valence-electron chi connectivity index (χ4n) is 2.54. The van der Waals surface area contributed by atoms with Crippen molar-refractivity contribution in [3.05, 3.63) is 16.1 Å². The Morgan fingerprint density at radius 1 is 1.38 bits per heavy atom. The summed E-state index contributed by atoms with van der Waals surface area (Å²) in [5, 5.41) is 3.44. The van der Waals surface area contributed by atoms with Gasteiger partial charge in [-0.3, -0.25) is 4.90 Å². The van der Waals surface area contributed by atoms with Crippen LogP contribution in [-0.4, -0.2) is 29.0 Å². The molecule has 0 amide bonds. The van der Waals surface area contributed by atoms with Crippen LogP contribution in [0.5, 0.6) is 0 Å². The van der Waals surface area contributed by atoms with Crippen LogP contribution in [0.15, 0.2) is 5.38 Å². The monoisotopic (exact) mass is 353 g/mol. The molecule has 124 valence electrons. The fourth-order valence-corrected chi connectivity index (χ4v) is 3.60. The largest absolute Gasteiger partial charge is 0.327 e. The number of likely N-dealkylation sites (tertiary alicyclic amines) is 1. The maximum Gasteiger partial charge on any atom is 0.107 e. The second-order valence-electron chi connectivity index (χ2n) is 7.47. The van der Waals surface area contributed by atoms with E-state index >= 15 is 0 Å². The Balaban J connectivity index is 0.00000200. The van der Waals surface area contributed by atoms with Crippen LogP contribution in [0.4, 0.5) is 0 Å². The van der Waals surface area contributed by atoms with Crippen molar-refractivity contribution in [1.82, 2.24) is 9.88 Å². The highest BCUT2D eigenvalue weighted by molar-refractivity contribution is 7.09. The zero-order valence-electron chi connectivity index (χ0n) is 13.7. The molecule has 0 saturated carbocycles. The van der Waals surface area contributed by atoms with E-state index in [0.29, 0.717) is 6.04 Å². The van der Waals surface area contributed by atoms with Crippen LogP contribution < -0.4 is 5.73 Å². The van der Waals surface area contributed by atoms with Gasteiger partial charge in [-0.25, -0.2) is 4.98 Å². The minimum Gasteiger partial charge on any atom is -0.327 e. The molecule has 1 fully saturated rings. The molecule has 1 aromatic heterocycles. The Labute approximate surface area is 145 Å². The van der Waals surface area contributed by atoms with Crippen LogP contribution in [0.2, 0.25) is 0 Å². The van der Waals surface area contributed by atoms with Gasteiger partial charge in [0.15, 0.2) is 0 Å². The quantitative estimate of drug-likeness (QED) is 0.877. The molecular weight excluding hydrogens is 325 g/mol. The van der Waals surface area contributed by atoms with E-state index in [9.17, 15) is 0 Å². The third kappa shape index (κ3) is 5.36. The highest BCUT2D eigenvalue weighted by atomic mass is 35.5. The Bertz CT molecular complexity index is 440. The molecule has 0 bridgehead atoms. The highest BCUT2D eigenvalue weighted by Gasteiger charge is 2.33. The Morgan fingerprint density at radius 3 is 2.48 bits per heavy atom. The molecule has 6 heteroatoms. The predicted octanol–water partition coefficient (Wildman–Crippen LogP) is 3.84. The zero-order chi connectivity index (χ0) is 14.3. The number of nitrogens with zero attached hydrogens (tertiary/aromatic N) is 2. The maximum absolute atomic E-state index is 6.19. The molecule has 0 radical (unpaired) electrons. The molecule has 2 rings (SSSR count). The summed E-state index contributed by atoms with van der Waals surface area (Å²) in [7, 11) is 0. The number of hydrogen-bond acceptors (Lipinski definition) is 4. The van der Waals surface area contributed by atoms with Crippen LogP contribution in [-0.2, 0) is 12.0 Å². The number of thiazole rings is 1. The normalized spacial score (nSPS) is 22.3. The number of aromatic nitrogens is 1. The smallest absolute Gasteiger partial charge is 0.107 e. The zero-order valence-corrected chi connectivity index (χ0v) is 16.1. The molecule has 21 heavy (non-hydrogen) atoms. The summed E-state index contributed by atoms with van der Waals surface area (Å²) in [6.07, 6.45) is 1.09. The van der Waals surface area contributed by atoms with Crippen LogP contribution in [0.3, 0.4) is 0 Å². The van der Waals surface area contributed by atoms with Gasteiger partial charge in [0, 0.05) is 29.9 Å². The third-order valence-corrected chi connectivity index (χ3v) is 4.90. The van der Waals surface area contributed by atoms with Crippen LogP contribution in [0.25, 0.3) is 0 Å². The van der Waals surface area contributed by atoms with Crippen LogP contribution in [0.1, 0.15) is 51.7 Å². The minimum absolute atomic E-state index is 0. The van der Waals surface area contributed by atoms with Gasteiger partial charge in [0.05, 0.1) is 12.2 Å². The van der Waals surface area contributed by atoms with E-state index in [0.717, 1.165) is 26.1 Å². The lowest BCUT2D eigenvalue weighted by Gasteiger charge is -2.42. The molecule has 0 aromatic carbocycles. The van der Waals surface area contributed by atoms with Crippen molar-refractivity contribution in [3.8, 4) is 0 Å². The van der Waals surface area contributed by atoms with Crippen molar-refractivity contribution in [2.45, 2.75) is 59.0 Å². The Kier molecular flexibility index (Phi) is 7.65. The molecule has 1 atom stereocenters. The van der Waals surface area contributed by atoms with E-state index in [2.05, 4.69) is 44.9 Å². The van der Waals surface area contributed by atoms with Crippen molar-refractivity contribution in [2.75, 3.05) is 13.1 Å². The van der Waals surface area contributed by atoms with E-state index in [1.807, 2.05) is 0 Å². The van der Waals surface area contributed by atoms with Crippen molar-refractivity contribution in [3.63, 3.8) is 0 Å². The summed E-state index contributed by atoms with van der Waals surface area (Å²) in [4.78, 5) is 7.28. The van der Waals surface area contributed by atoms with E-state index < -0.39 is 0 Å². The van der Waals surface area contributed by atoms with E-state index in [1.165, 1.54) is 10.7 Å². The van der Waals surface area contributed by atoms with Gasteiger partial charge in [0.2, 0.25) is 0 Å². The molecule has 1 unspecified atom stereocenters. The summed E-state index contributed by atoms with van der Waals surface area (Å²) in [5.74, 6) is 0. The van der Waals surface area contributed by atoms with Crippen molar-refractivity contribution in [1.29, 1.82) is 0 Å². The maximum atomic E-state index is 6.19. The first kappa shape index (κ1) is 21.1. The molecule has 1 aromatic rings. The molecule has 1 aliphatic rings. The van der Waals surface area contributed by atoms with Crippen LogP contribution >= 0.6 is 36.2 Å². The SMILES string of the molecule is CC(C)(C)c1csc(CN2CCC(N)C(C)(C)C2)n1.Cl.Cl. The highest BCUT2D eigenvalue weighted by Crippen LogP contribution is 2.30. The summed E-state index contributed by atoms with van der Waals surface area (Å²) in [5.41, 5.74) is 7.76. The van der Waals surface area contributed by atoms with Crippen molar-refractivity contribution in [2.24, 2.45) is 11.1 Å². The average molecular weight is 354 g/mol. The van der Waals surface area contributed by atoms with E-state index in [4.69, 9.17) is 10.7 Å². The van der Waals surface area contributed by atoms with Gasteiger partial charge in [-0.15, -0.1) is 36.2 Å². The molecule has 1 aliphatic heterocycles.